The first-order valence-electron chi connectivity index (χ1n) is 6.78. The lowest BCUT2D eigenvalue weighted by atomic mass is 10.0. The number of rotatable bonds is 8. The van der Waals surface area contributed by atoms with Gasteiger partial charge in [-0.2, -0.15) is 11.8 Å². The van der Waals surface area contributed by atoms with E-state index in [0.29, 0.717) is 19.2 Å². The molecule has 0 bridgehead atoms. The maximum atomic E-state index is 6.00. The Kier molecular flexibility index (Phi) is 7.28. The van der Waals surface area contributed by atoms with Crippen LogP contribution in [0.2, 0.25) is 0 Å². The van der Waals surface area contributed by atoms with E-state index in [4.69, 9.17) is 10.5 Å². The summed E-state index contributed by atoms with van der Waals surface area (Å²) in [5.41, 5.74) is 7.18. The third-order valence-corrected chi connectivity index (χ3v) is 4.21. The molecule has 1 aromatic rings. The SMILES string of the molecule is CCOc1ccccc1C(CN)N(C)C(C)CSC. The molecule has 0 spiro atoms. The number of nitrogens with two attached hydrogens (primary N) is 1. The van der Waals surface area contributed by atoms with Crippen LogP contribution in [0.4, 0.5) is 0 Å². The summed E-state index contributed by atoms with van der Waals surface area (Å²) in [4.78, 5) is 2.34. The molecular weight excluding hydrogens is 256 g/mol. The molecule has 0 fully saturated rings. The Balaban J connectivity index is 2.95. The summed E-state index contributed by atoms with van der Waals surface area (Å²) < 4.78 is 5.72. The van der Waals surface area contributed by atoms with Crippen molar-refractivity contribution in [1.29, 1.82) is 0 Å². The molecule has 1 aromatic carbocycles. The smallest absolute Gasteiger partial charge is 0.124 e. The summed E-state index contributed by atoms with van der Waals surface area (Å²) in [5, 5.41) is 0. The van der Waals surface area contributed by atoms with Gasteiger partial charge in [0, 0.05) is 23.9 Å². The van der Waals surface area contributed by atoms with Crippen molar-refractivity contribution in [3.05, 3.63) is 29.8 Å². The molecule has 3 nitrogen and oxygen atoms in total. The van der Waals surface area contributed by atoms with Gasteiger partial charge < -0.3 is 10.5 Å². The van der Waals surface area contributed by atoms with Crippen molar-refractivity contribution < 1.29 is 4.74 Å². The molecule has 2 atom stereocenters. The van der Waals surface area contributed by atoms with Crippen LogP contribution in [0.1, 0.15) is 25.5 Å². The summed E-state index contributed by atoms with van der Waals surface area (Å²) in [7, 11) is 2.14. The second kappa shape index (κ2) is 8.46. The average molecular weight is 282 g/mol. The molecule has 2 unspecified atom stereocenters. The highest BCUT2D eigenvalue weighted by molar-refractivity contribution is 7.98. The Bertz CT molecular complexity index is 373. The lowest BCUT2D eigenvalue weighted by molar-refractivity contribution is 0.198. The van der Waals surface area contributed by atoms with Gasteiger partial charge in [0.15, 0.2) is 0 Å². The molecule has 19 heavy (non-hydrogen) atoms. The number of hydrogen-bond acceptors (Lipinski definition) is 4. The van der Waals surface area contributed by atoms with Crippen LogP contribution in [0, 0.1) is 0 Å². The van der Waals surface area contributed by atoms with Crippen LogP contribution < -0.4 is 10.5 Å². The van der Waals surface area contributed by atoms with Gasteiger partial charge in [-0.3, -0.25) is 4.90 Å². The van der Waals surface area contributed by atoms with Crippen LogP contribution in [-0.2, 0) is 0 Å². The van der Waals surface area contributed by atoms with Crippen molar-refractivity contribution in [2.75, 3.05) is 32.2 Å². The molecule has 4 heteroatoms. The Labute approximate surface area is 121 Å². The van der Waals surface area contributed by atoms with Gasteiger partial charge >= 0.3 is 0 Å². The van der Waals surface area contributed by atoms with Crippen molar-refractivity contribution >= 4 is 11.8 Å². The maximum absolute atomic E-state index is 6.00. The third-order valence-electron chi connectivity index (χ3n) is 3.40. The van der Waals surface area contributed by atoms with Crippen LogP contribution in [0.15, 0.2) is 24.3 Å². The highest BCUT2D eigenvalue weighted by Crippen LogP contribution is 2.29. The Morgan fingerprint density at radius 1 is 1.37 bits per heavy atom. The van der Waals surface area contributed by atoms with E-state index in [9.17, 15) is 0 Å². The van der Waals surface area contributed by atoms with Crippen molar-refractivity contribution in [2.24, 2.45) is 5.73 Å². The van der Waals surface area contributed by atoms with Gasteiger partial charge in [0.2, 0.25) is 0 Å². The van der Waals surface area contributed by atoms with Crippen LogP contribution in [0.25, 0.3) is 0 Å². The van der Waals surface area contributed by atoms with Crippen LogP contribution in [0.3, 0.4) is 0 Å². The highest BCUT2D eigenvalue weighted by Gasteiger charge is 2.22. The highest BCUT2D eigenvalue weighted by atomic mass is 32.2. The maximum Gasteiger partial charge on any atom is 0.124 e. The fraction of sp³-hybridized carbons (Fsp3) is 0.600. The van der Waals surface area contributed by atoms with Gasteiger partial charge in [0.1, 0.15) is 5.75 Å². The first kappa shape index (κ1) is 16.3. The predicted octanol–water partition coefficient (Wildman–Crippen LogP) is 2.77. The van der Waals surface area contributed by atoms with Gasteiger partial charge in [-0.15, -0.1) is 0 Å². The van der Waals surface area contributed by atoms with Crippen LogP contribution >= 0.6 is 11.8 Å². The molecule has 0 saturated heterocycles. The summed E-state index contributed by atoms with van der Waals surface area (Å²) in [5.74, 6) is 2.05. The van der Waals surface area contributed by atoms with Crippen molar-refractivity contribution in [2.45, 2.75) is 25.9 Å². The summed E-state index contributed by atoms with van der Waals surface area (Å²) in [6.07, 6.45) is 2.13. The number of thioether (sulfide) groups is 1. The van der Waals surface area contributed by atoms with Crippen LogP contribution in [0.5, 0.6) is 5.75 Å². The monoisotopic (exact) mass is 282 g/mol. The quantitative estimate of drug-likeness (QED) is 0.796. The van der Waals surface area contributed by atoms with Gasteiger partial charge in [-0.05, 0) is 33.2 Å². The minimum atomic E-state index is 0.199. The molecule has 0 aliphatic heterocycles. The van der Waals surface area contributed by atoms with Gasteiger partial charge in [-0.25, -0.2) is 0 Å². The first-order chi connectivity index (χ1) is 9.15. The van der Waals surface area contributed by atoms with Crippen molar-refractivity contribution in [3.8, 4) is 5.75 Å². The zero-order chi connectivity index (χ0) is 14.3. The second-order valence-corrected chi connectivity index (χ2v) is 5.60. The standard InChI is InChI=1S/C15H26N2OS/c1-5-18-15-9-7-6-8-13(15)14(10-16)17(3)12(2)11-19-4/h6-9,12,14H,5,10-11,16H2,1-4H3. The fourth-order valence-electron chi connectivity index (χ4n) is 2.22. The number of benzene rings is 1. The molecule has 0 aromatic heterocycles. The van der Waals surface area contributed by atoms with E-state index >= 15 is 0 Å². The lowest BCUT2D eigenvalue weighted by Crippen LogP contribution is -2.38. The van der Waals surface area contributed by atoms with E-state index in [0.717, 1.165) is 11.5 Å². The molecule has 2 N–H and O–H groups in total. The topological polar surface area (TPSA) is 38.5 Å². The molecule has 0 radical (unpaired) electrons. The van der Waals surface area contributed by atoms with Gasteiger partial charge in [0.05, 0.1) is 12.6 Å². The molecule has 1 rings (SSSR count). The second-order valence-electron chi connectivity index (χ2n) is 4.69. The molecule has 0 saturated carbocycles. The van der Waals surface area contributed by atoms with E-state index < -0.39 is 0 Å². The Morgan fingerprint density at radius 3 is 2.63 bits per heavy atom. The van der Waals surface area contributed by atoms with Gasteiger partial charge in [-0.1, -0.05) is 18.2 Å². The average Bonchev–Trinajstić information content (AvgIpc) is 2.42. The summed E-state index contributed by atoms with van der Waals surface area (Å²) in [6, 6.07) is 8.88. The lowest BCUT2D eigenvalue weighted by Gasteiger charge is -2.33. The number of likely N-dealkylation sites (N-methyl/N-ethyl adjacent to an activating group) is 1. The molecule has 108 valence electrons. The largest absolute Gasteiger partial charge is 0.494 e. The fourth-order valence-corrected chi connectivity index (χ4v) is 2.94. The van der Waals surface area contributed by atoms with E-state index in [-0.39, 0.29) is 6.04 Å². The summed E-state index contributed by atoms with van der Waals surface area (Å²) >= 11 is 1.86. The number of hydrogen-bond donors (Lipinski definition) is 1. The Morgan fingerprint density at radius 2 is 2.05 bits per heavy atom. The minimum Gasteiger partial charge on any atom is -0.494 e. The minimum absolute atomic E-state index is 0.199. The van der Waals surface area contributed by atoms with Crippen LogP contribution in [-0.4, -0.2) is 43.1 Å². The molecular formula is C15H26N2OS. The van der Waals surface area contributed by atoms with Crippen molar-refractivity contribution in [3.63, 3.8) is 0 Å². The predicted molar refractivity (Wildman–Crippen MR) is 85.0 cm³/mol. The zero-order valence-corrected chi connectivity index (χ0v) is 13.2. The van der Waals surface area contributed by atoms with E-state index in [1.165, 1.54) is 5.56 Å². The number of ether oxygens (including phenoxy) is 1. The molecule has 0 heterocycles. The van der Waals surface area contributed by atoms with E-state index in [1.807, 2.05) is 36.9 Å². The number of para-hydroxylation sites is 1. The number of nitrogens with zero attached hydrogens (tertiary/aromatic N) is 1. The molecule has 0 aliphatic rings. The van der Waals surface area contributed by atoms with Crippen molar-refractivity contribution in [1.82, 2.24) is 4.90 Å². The Hall–Kier alpha value is -0.710. The van der Waals surface area contributed by atoms with E-state index in [2.05, 4.69) is 31.2 Å². The van der Waals surface area contributed by atoms with E-state index in [1.54, 1.807) is 0 Å². The zero-order valence-electron chi connectivity index (χ0n) is 12.4. The molecule has 0 aliphatic carbocycles. The normalized spacial score (nSPS) is 14.4. The van der Waals surface area contributed by atoms with Gasteiger partial charge in [0.25, 0.3) is 0 Å². The summed E-state index contributed by atoms with van der Waals surface area (Å²) in [6.45, 7) is 5.52. The first-order valence-corrected chi connectivity index (χ1v) is 8.17. The molecule has 0 amide bonds. The third kappa shape index (κ3) is 4.41.